The van der Waals surface area contributed by atoms with Gasteiger partial charge < -0.3 is 15.5 Å². The molecule has 0 saturated carbocycles. The molecule has 1 rings (SSSR count). The number of amides is 3. The first kappa shape index (κ1) is 12.8. The lowest BCUT2D eigenvalue weighted by atomic mass is 10.00. The van der Waals surface area contributed by atoms with Crippen LogP contribution in [0.1, 0.15) is 26.7 Å². The molecule has 0 unspecified atom stereocenters. The largest absolute Gasteiger partial charge is 0.355 e. The maximum atomic E-state index is 11.7. The lowest BCUT2D eigenvalue weighted by molar-refractivity contribution is -0.118. The predicted molar refractivity (Wildman–Crippen MR) is 62.1 cm³/mol. The molecule has 0 atom stereocenters. The van der Waals surface area contributed by atoms with Gasteiger partial charge in [0.25, 0.3) is 0 Å². The fraction of sp³-hybridized carbons (Fsp3) is 0.818. The summed E-state index contributed by atoms with van der Waals surface area (Å²) < 4.78 is 0. The zero-order chi connectivity index (χ0) is 12.0. The molecular weight excluding hydrogens is 206 g/mol. The maximum absolute atomic E-state index is 11.7. The zero-order valence-corrected chi connectivity index (χ0v) is 10.1. The summed E-state index contributed by atoms with van der Waals surface area (Å²) in [5.74, 6) is 0.657. The van der Waals surface area contributed by atoms with Gasteiger partial charge in [-0.3, -0.25) is 4.79 Å². The van der Waals surface area contributed by atoms with Crippen molar-refractivity contribution >= 4 is 11.9 Å². The Hall–Kier alpha value is -1.26. The normalized spacial score (nSPS) is 17.0. The fourth-order valence-electron chi connectivity index (χ4n) is 1.73. The molecule has 3 amide bonds. The van der Waals surface area contributed by atoms with Crippen LogP contribution in [0.3, 0.4) is 0 Å². The smallest absolute Gasteiger partial charge is 0.317 e. The Morgan fingerprint density at radius 1 is 1.19 bits per heavy atom. The number of carbonyl (C=O) groups is 2. The van der Waals surface area contributed by atoms with Crippen molar-refractivity contribution in [2.45, 2.75) is 26.7 Å². The molecule has 1 heterocycles. The number of piperidine rings is 1. The molecular formula is C11H21N3O2. The van der Waals surface area contributed by atoms with E-state index in [2.05, 4.69) is 17.6 Å². The average molecular weight is 227 g/mol. The second-order valence-electron chi connectivity index (χ2n) is 4.38. The highest BCUT2D eigenvalue weighted by atomic mass is 16.2. The second kappa shape index (κ2) is 6.35. The topological polar surface area (TPSA) is 61.4 Å². The Balaban J connectivity index is 2.12. The van der Waals surface area contributed by atoms with E-state index in [0.717, 1.165) is 31.8 Å². The van der Waals surface area contributed by atoms with E-state index in [1.165, 1.54) is 6.92 Å². The number of nitrogens with zero attached hydrogens (tertiary/aromatic N) is 1. The van der Waals surface area contributed by atoms with E-state index >= 15 is 0 Å². The van der Waals surface area contributed by atoms with E-state index < -0.39 is 0 Å². The third-order valence-electron chi connectivity index (χ3n) is 2.85. The highest BCUT2D eigenvalue weighted by molar-refractivity contribution is 5.74. The Bertz CT molecular complexity index is 248. The summed E-state index contributed by atoms with van der Waals surface area (Å²) in [4.78, 5) is 24.1. The van der Waals surface area contributed by atoms with Crippen molar-refractivity contribution in [3.8, 4) is 0 Å². The highest BCUT2D eigenvalue weighted by Crippen LogP contribution is 2.15. The summed E-state index contributed by atoms with van der Waals surface area (Å²) in [7, 11) is 0. The van der Waals surface area contributed by atoms with E-state index in [1.807, 2.05) is 4.90 Å². The predicted octanol–water partition coefficient (Wildman–Crippen LogP) is 0.564. The molecule has 0 bridgehead atoms. The van der Waals surface area contributed by atoms with Gasteiger partial charge in [0.05, 0.1) is 0 Å². The first-order valence-electron chi connectivity index (χ1n) is 5.87. The van der Waals surface area contributed by atoms with Gasteiger partial charge in [0.2, 0.25) is 5.91 Å². The fourth-order valence-corrected chi connectivity index (χ4v) is 1.73. The van der Waals surface area contributed by atoms with Crippen molar-refractivity contribution in [2.24, 2.45) is 5.92 Å². The van der Waals surface area contributed by atoms with Gasteiger partial charge in [-0.25, -0.2) is 4.79 Å². The molecule has 92 valence electrons. The van der Waals surface area contributed by atoms with Gasteiger partial charge >= 0.3 is 6.03 Å². The van der Waals surface area contributed by atoms with Crippen LogP contribution < -0.4 is 10.6 Å². The van der Waals surface area contributed by atoms with E-state index in [-0.39, 0.29) is 11.9 Å². The summed E-state index contributed by atoms with van der Waals surface area (Å²) in [5, 5.41) is 5.43. The van der Waals surface area contributed by atoms with Gasteiger partial charge in [0.15, 0.2) is 0 Å². The van der Waals surface area contributed by atoms with Crippen molar-refractivity contribution in [1.29, 1.82) is 0 Å². The second-order valence-corrected chi connectivity index (χ2v) is 4.38. The van der Waals surface area contributed by atoms with Crippen LogP contribution in [-0.4, -0.2) is 43.0 Å². The lowest BCUT2D eigenvalue weighted by Crippen LogP contribution is -2.46. The van der Waals surface area contributed by atoms with Crippen LogP contribution in [0, 0.1) is 5.92 Å². The highest BCUT2D eigenvalue weighted by Gasteiger charge is 2.19. The van der Waals surface area contributed by atoms with Crippen LogP contribution in [-0.2, 0) is 4.79 Å². The molecule has 2 N–H and O–H groups in total. The van der Waals surface area contributed by atoms with E-state index in [0.29, 0.717) is 13.1 Å². The molecule has 0 aromatic heterocycles. The molecule has 5 nitrogen and oxygen atoms in total. The molecule has 0 aromatic carbocycles. The summed E-state index contributed by atoms with van der Waals surface area (Å²) >= 11 is 0. The lowest BCUT2D eigenvalue weighted by Gasteiger charge is -2.30. The average Bonchev–Trinajstić information content (AvgIpc) is 2.25. The quantitative estimate of drug-likeness (QED) is 0.692. The third kappa shape index (κ3) is 4.51. The van der Waals surface area contributed by atoms with Crippen molar-refractivity contribution in [3.63, 3.8) is 0 Å². The van der Waals surface area contributed by atoms with Crippen molar-refractivity contribution in [1.82, 2.24) is 15.5 Å². The molecule has 0 aliphatic carbocycles. The minimum Gasteiger partial charge on any atom is -0.355 e. The first-order valence-corrected chi connectivity index (χ1v) is 5.87. The minimum absolute atomic E-state index is 0.0164. The Morgan fingerprint density at radius 3 is 2.31 bits per heavy atom. The van der Waals surface area contributed by atoms with Crippen LogP contribution in [0.25, 0.3) is 0 Å². The van der Waals surface area contributed by atoms with Crippen molar-refractivity contribution < 1.29 is 9.59 Å². The van der Waals surface area contributed by atoms with Crippen molar-refractivity contribution in [3.05, 3.63) is 0 Å². The standard InChI is InChI=1S/C11H21N3O2/c1-9-3-7-14(8-4-9)11(16)13-6-5-12-10(2)15/h9H,3-8H2,1-2H3,(H,12,15)(H,13,16). The number of hydrogen-bond acceptors (Lipinski definition) is 2. The number of rotatable bonds is 3. The van der Waals surface area contributed by atoms with Crippen LogP contribution in [0.15, 0.2) is 0 Å². The molecule has 0 aromatic rings. The summed E-state index contributed by atoms with van der Waals surface area (Å²) in [6.45, 7) is 6.34. The maximum Gasteiger partial charge on any atom is 0.317 e. The van der Waals surface area contributed by atoms with Crippen LogP contribution in [0.2, 0.25) is 0 Å². The number of carbonyl (C=O) groups excluding carboxylic acids is 2. The zero-order valence-electron chi connectivity index (χ0n) is 10.1. The molecule has 1 fully saturated rings. The van der Waals surface area contributed by atoms with Crippen LogP contribution in [0.4, 0.5) is 4.79 Å². The minimum atomic E-state index is -0.0685. The number of urea groups is 1. The van der Waals surface area contributed by atoms with E-state index in [9.17, 15) is 9.59 Å². The molecule has 0 radical (unpaired) electrons. The van der Waals surface area contributed by atoms with Crippen molar-refractivity contribution in [2.75, 3.05) is 26.2 Å². The molecule has 0 spiro atoms. The summed E-state index contributed by atoms with van der Waals surface area (Å²) in [5.41, 5.74) is 0. The van der Waals surface area contributed by atoms with Gasteiger partial charge in [-0.2, -0.15) is 0 Å². The van der Waals surface area contributed by atoms with E-state index in [1.54, 1.807) is 0 Å². The molecule has 1 saturated heterocycles. The molecule has 5 heteroatoms. The molecule has 16 heavy (non-hydrogen) atoms. The van der Waals surface area contributed by atoms with Gasteiger partial charge in [0, 0.05) is 33.1 Å². The summed E-state index contributed by atoms with van der Waals surface area (Å²) in [6.07, 6.45) is 2.16. The third-order valence-corrected chi connectivity index (χ3v) is 2.85. The monoisotopic (exact) mass is 227 g/mol. The van der Waals surface area contributed by atoms with Crippen LogP contribution >= 0.6 is 0 Å². The molecule has 1 aliphatic heterocycles. The number of likely N-dealkylation sites (tertiary alicyclic amines) is 1. The van der Waals surface area contributed by atoms with Gasteiger partial charge in [0.1, 0.15) is 0 Å². The SMILES string of the molecule is CC(=O)NCCNC(=O)N1CCC(C)CC1. The van der Waals surface area contributed by atoms with E-state index in [4.69, 9.17) is 0 Å². The number of nitrogens with one attached hydrogen (secondary N) is 2. The summed E-state index contributed by atoms with van der Waals surface area (Å²) in [6, 6.07) is -0.0164. The van der Waals surface area contributed by atoms with Gasteiger partial charge in [-0.05, 0) is 18.8 Å². The molecule has 1 aliphatic rings. The Morgan fingerprint density at radius 2 is 1.75 bits per heavy atom. The first-order chi connectivity index (χ1) is 7.59. The number of hydrogen-bond donors (Lipinski definition) is 2. The van der Waals surface area contributed by atoms with Gasteiger partial charge in [-0.1, -0.05) is 6.92 Å². The van der Waals surface area contributed by atoms with Gasteiger partial charge in [-0.15, -0.1) is 0 Å². The Labute approximate surface area is 96.6 Å². The Kier molecular flexibility index (Phi) is 5.08. The van der Waals surface area contributed by atoms with Crippen LogP contribution in [0.5, 0.6) is 0 Å².